The van der Waals surface area contributed by atoms with Gasteiger partial charge in [-0.2, -0.15) is 0 Å². The van der Waals surface area contributed by atoms with Gasteiger partial charge in [0.05, 0.1) is 11.1 Å². The van der Waals surface area contributed by atoms with Gasteiger partial charge in [0.15, 0.2) is 0 Å². The van der Waals surface area contributed by atoms with Crippen molar-refractivity contribution >= 4 is 21.6 Å². The first-order chi connectivity index (χ1) is 11.9. The van der Waals surface area contributed by atoms with Crippen molar-refractivity contribution in [1.29, 1.82) is 0 Å². The summed E-state index contributed by atoms with van der Waals surface area (Å²) >= 11 is 5.94. The van der Waals surface area contributed by atoms with Gasteiger partial charge in [-0.15, -0.1) is 0 Å². The summed E-state index contributed by atoms with van der Waals surface area (Å²) in [7, 11) is -3.59. The summed E-state index contributed by atoms with van der Waals surface area (Å²) in [4.78, 5) is 8.31. The number of nitrogens with one attached hydrogen (secondary N) is 1. The van der Waals surface area contributed by atoms with Gasteiger partial charge in [0.1, 0.15) is 6.10 Å². The van der Waals surface area contributed by atoms with E-state index in [9.17, 15) is 8.42 Å². The summed E-state index contributed by atoms with van der Waals surface area (Å²) in [6, 6.07) is 4.78. The molecule has 1 aromatic carbocycles. The standard InChI is InChI=1S/C17H20ClN3O3S/c1-12-2-3-13(18)10-16(12)25(22,23)21-14-4-6-15(7-5-14)24-17-11-19-8-9-20-17/h2-3,8-11,14-15,21H,4-7H2,1H3. The third-order valence-corrected chi connectivity index (χ3v) is 6.16. The molecule has 0 aliphatic heterocycles. The van der Waals surface area contributed by atoms with E-state index in [1.165, 1.54) is 6.07 Å². The molecule has 3 rings (SSSR count). The van der Waals surface area contributed by atoms with E-state index in [-0.39, 0.29) is 17.0 Å². The summed E-state index contributed by atoms with van der Waals surface area (Å²) < 4.78 is 33.8. The van der Waals surface area contributed by atoms with E-state index in [1.807, 2.05) is 0 Å². The number of ether oxygens (including phenoxy) is 1. The van der Waals surface area contributed by atoms with Crippen LogP contribution in [0.4, 0.5) is 0 Å². The Labute approximate surface area is 152 Å². The molecule has 6 nitrogen and oxygen atoms in total. The minimum Gasteiger partial charge on any atom is -0.473 e. The van der Waals surface area contributed by atoms with Crippen molar-refractivity contribution in [3.8, 4) is 5.88 Å². The molecule has 0 atom stereocenters. The fourth-order valence-electron chi connectivity index (χ4n) is 2.96. The molecule has 8 heteroatoms. The maximum atomic E-state index is 12.6. The molecule has 25 heavy (non-hydrogen) atoms. The van der Waals surface area contributed by atoms with Crippen LogP contribution in [0, 0.1) is 6.92 Å². The molecule has 0 saturated heterocycles. The highest BCUT2D eigenvalue weighted by Crippen LogP contribution is 2.25. The Hall–Kier alpha value is -1.70. The van der Waals surface area contributed by atoms with Crippen LogP contribution in [0.15, 0.2) is 41.7 Å². The molecule has 2 aromatic rings. The van der Waals surface area contributed by atoms with E-state index in [4.69, 9.17) is 16.3 Å². The van der Waals surface area contributed by atoms with Crippen molar-refractivity contribution in [2.45, 2.75) is 49.6 Å². The summed E-state index contributed by atoms with van der Waals surface area (Å²) in [5, 5.41) is 0.409. The van der Waals surface area contributed by atoms with Crippen molar-refractivity contribution < 1.29 is 13.2 Å². The molecule has 0 spiro atoms. The molecule has 1 heterocycles. The maximum Gasteiger partial charge on any atom is 0.241 e. The number of hydrogen-bond donors (Lipinski definition) is 1. The largest absolute Gasteiger partial charge is 0.473 e. The highest BCUT2D eigenvalue weighted by molar-refractivity contribution is 7.89. The fraction of sp³-hybridized carbons (Fsp3) is 0.412. The van der Waals surface area contributed by atoms with Crippen LogP contribution in [0.2, 0.25) is 5.02 Å². The molecule has 0 radical (unpaired) electrons. The van der Waals surface area contributed by atoms with Gasteiger partial charge in [-0.1, -0.05) is 17.7 Å². The van der Waals surface area contributed by atoms with Crippen LogP contribution < -0.4 is 9.46 Å². The molecular formula is C17H20ClN3O3S. The highest BCUT2D eigenvalue weighted by atomic mass is 35.5. The monoisotopic (exact) mass is 381 g/mol. The zero-order valence-corrected chi connectivity index (χ0v) is 15.4. The van der Waals surface area contributed by atoms with Crippen molar-refractivity contribution in [1.82, 2.24) is 14.7 Å². The average molecular weight is 382 g/mol. The topological polar surface area (TPSA) is 81.2 Å². The average Bonchev–Trinajstić information content (AvgIpc) is 2.59. The predicted molar refractivity (Wildman–Crippen MR) is 95.2 cm³/mol. The number of halogens is 1. The summed E-state index contributed by atoms with van der Waals surface area (Å²) in [5.41, 5.74) is 0.677. The number of aromatic nitrogens is 2. The van der Waals surface area contributed by atoms with Crippen molar-refractivity contribution in [2.75, 3.05) is 0 Å². The van der Waals surface area contributed by atoms with Crippen LogP contribution in [0.25, 0.3) is 0 Å². The molecule has 1 aliphatic carbocycles. The van der Waals surface area contributed by atoms with Crippen molar-refractivity contribution in [3.63, 3.8) is 0 Å². The second-order valence-electron chi connectivity index (χ2n) is 6.17. The Morgan fingerprint density at radius 3 is 2.64 bits per heavy atom. The first kappa shape index (κ1) is 18.1. The van der Waals surface area contributed by atoms with Gasteiger partial charge in [-0.3, -0.25) is 4.98 Å². The number of aryl methyl sites for hydroxylation is 1. The second kappa shape index (κ2) is 7.68. The maximum absolute atomic E-state index is 12.6. The van der Waals surface area contributed by atoms with E-state index in [0.717, 1.165) is 12.8 Å². The fourth-order valence-corrected chi connectivity index (χ4v) is 4.77. The number of hydrogen-bond acceptors (Lipinski definition) is 5. The molecule has 0 unspecified atom stereocenters. The Balaban J connectivity index is 1.59. The molecule has 0 amide bonds. The van der Waals surface area contributed by atoms with Crippen LogP contribution >= 0.6 is 11.6 Å². The minimum atomic E-state index is -3.59. The van der Waals surface area contributed by atoms with Gasteiger partial charge in [0.25, 0.3) is 0 Å². The van der Waals surface area contributed by atoms with E-state index < -0.39 is 10.0 Å². The predicted octanol–water partition coefficient (Wildman–Crippen LogP) is 3.11. The van der Waals surface area contributed by atoms with Gasteiger partial charge in [0, 0.05) is 23.5 Å². The number of benzene rings is 1. The van der Waals surface area contributed by atoms with Gasteiger partial charge in [-0.25, -0.2) is 18.1 Å². The van der Waals surface area contributed by atoms with Crippen LogP contribution in [-0.4, -0.2) is 30.5 Å². The van der Waals surface area contributed by atoms with E-state index >= 15 is 0 Å². The molecule has 1 aliphatic rings. The van der Waals surface area contributed by atoms with Crippen molar-refractivity contribution in [2.24, 2.45) is 0 Å². The Morgan fingerprint density at radius 2 is 1.96 bits per heavy atom. The van der Waals surface area contributed by atoms with Crippen LogP contribution in [-0.2, 0) is 10.0 Å². The highest BCUT2D eigenvalue weighted by Gasteiger charge is 2.27. The van der Waals surface area contributed by atoms with E-state index in [1.54, 1.807) is 37.6 Å². The van der Waals surface area contributed by atoms with Gasteiger partial charge < -0.3 is 4.74 Å². The molecule has 1 N–H and O–H groups in total. The van der Waals surface area contributed by atoms with Crippen LogP contribution in [0.5, 0.6) is 5.88 Å². The molecule has 1 fully saturated rings. The summed E-state index contributed by atoms with van der Waals surface area (Å²) in [6.07, 6.45) is 7.74. The molecule has 1 saturated carbocycles. The first-order valence-corrected chi connectivity index (χ1v) is 10.0. The number of sulfonamides is 1. The summed E-state index contributed by atoms with van der Waals surface area (Å²) in [6.45, 7) is 1.76. The molecule has 1 aromatic heterocycles. The van der Waals surface area contributed by atoms with E-state index in [0.29, 0.717) is 29.3 Å². The van der Waals surface area contributed by atoms with Gasteiger partial charge in [0.2, 0.25) is 15.9 Å². The lowest BCUT2D eigenvalue weighted by Crippen LogP contribution is -2.39. The van der Waals surface area contributed by atoms with Crippen molar-refractivity contribution in [3.05, 3.63) is 47.4 Å². The van der Waals surface area contributed by atoms with Crippen LogP contribution in [0.3, 0.4) is 0 Å². The third kappa shape index (κ3) is 4.68. The molecule has 134 valence electrons. The number of nitrogens with zero attached hydrogens (tertiary/aromatic N) is 2. The number of rotatable bonds is 5. The van der Waals surface area contributed by atoms with Crippen LogP contribution in [0.1, 0.15) is 31.2 Å². The lowest BCUT2D eigenvalue weighted by molar-refractivity contribution is 0.138. The lowest BCUT2D eigenvalue weighted by atomic mass is 9.94. The lowest BCUT2D eigenvalue weighted by Gasteiger charge is -2.29. The second-order valence-corrected chi connectivity index (χ2v) is 8.29. The SMILES string of the molecule is Cc1ccc(Cl)cc1S(=O)(=O)NC1CCC(Oc2cnccn2)CC1. The zero-order valence-electron chi connectivity index (χ0n) is 13.9. The Kier molecular flexibility index (Phi) is 5.56. The first-order valence-electron chi connectivity index (χ1n) is 8.15. The molecule has 0 bridgehead atoms. The van der Waals surface area contributed by atoms with Gasteiger partial charge >= 0.3 is 0 Å². The molecular weight excluding hydrogens is 362 g/mol. The third-order valence-electron chi connectivity index (χ3n) is 4.26. The minimum absolute atomic E-state index is 0.0327. The Morgan fingerprint density at radius 1 is 1.20 bits per heavy atom. The smallest absolute Gasteiger partial charge is 0.241 e. The van der Waals surface area contributed by atoms with E-state index in [2.05, 4.69) is 14.7 Å². The normalized spacial score (nSPS) is 21.0. The quantitative estimate of drug-likeness (QED) is 0.860. The Bertz CT molecular complexity index is 822. The summed E-state index contributed by atoms with van der Waals surface area (Å²) in [5.74, 6) is 0.501. The zero-order chi connectivity index (χ0) is 17.9. The van der Waals surface area contributed by atoms with Gasteiger partial charge in [-0.05, 0) is 50.3 Å².